The van der Waals surface area contributed by atoms with Crippen LogP contribution in [0.25, 0.3) is 0 Å². The summed E-state index contributed by atoms with van der Waals surface area (Å²) in [7, 11) is 0. The third kappa shape index (κ3) is 2.27. The second-order valence-corrected chi connectivity index (χ2v) is 4.61. The summed E-state index contributed by atoms with van der Waals surface area (Å²) in [6.45, 7) is 2.07. The van der Waals surface area contributed by atoms with Gasteiger partial charge in [-0.25, -0.2) is 0 Å². The molecule has 0 fully saturated rings. The Labute approximate surface area is 83.7 Å². The molecule has 0 bridgehead atoms. The van der Waals surface area contributed by atoms with Gasteiger partial charge in [-0.3, -0.25) is 11.3 Å². The molecule has 1 aromatic rings. The molecule has 0 amide bonds. The highest BCUT2D eigenvalue weighted by atomic mass is 79.9. The molecule has 0 aliphatic rings. The van der Waals surface area contributed by atoms with Gasteiger partial charge >= 0.3 is 0 Å². The highest BCUT2D eigenvalue weighted by Crippen LogP contribution is 2.29. The smallest absolute Gasteiger partial charge is 0.110 e. The Hall–Kier alpha value is 0.0600. The molecular weight excluding hydrogens is 240 g/mol. The minimum Gasteiger partial charge on any atom is -0.383 e. The minimum absolute atomic E-state index is 0.347. The van der Waals surface area contributed by atoms with Gasteiger partial charge in [0.05, 0.1) is 0 Å². The van der Waals surface area contributed by atoms with E-state index in [0.29, 0.717) is 6.54 Å². The molecule has 1 rings (SSSR count). The molecule has 0 radical (unpaired) electrons. The summed E-state index contributed by atoms with van der Waals surface area (Å²) in [6.07, 6.45) is 0. The fourth-order valence-electron chi connectivity index (χ4n) is 0.881. The lowest BCUT2D eigenvalue weighted by Gasteiger charge is -2.20. The monoisotopic (exact) mass is 250 g/mol. The molecule has 0 aliphatic heterocycles. The van der Waals surface area contributed by atoms with Gasteiger partial charge in [0.25, 0.3) is 0 Å². The topological polar surface area (TPSA) is 58.3 Å². The standard InChI is InChI=1S/C7H11BrN2OS/c1-7(11,4-10-9)6-2-5(8)3-12-6/h2-3,10-11H,4,9H2,1H3. The Morgan fingerprint density at radius 1 is 1.83 bits per heavy atom. The van der Waals surface area contributed by atoms with Crippen LogP contribution in [0.5, 0.6) is 0 Å². The molecule has 0 spiro atoms. The van der Waals surface area contributed by atoms with Gasteiger partial charge in [-0.15, -0.1) is 11.3 Å². The van der Waals surface area contributed by atoms with Gasteiger partial charge in [0.2, 0.25) is 0 Å². The van der Waals surface area contributed by atoms with Crippen molar-refractivity contribution in [3.8, 4) is 0 Å². The second kappa shape index (κ2) is 3.85. The molecule has 5 heteroatoms. The predicted octanol–water partition coefficient (Wildman–Crippen LogP) is 1.18. The summed E-state index contributed by atoms with van der Waals surface area (Å²) in [5, 5.41) is 11.8. The quantitative estimate of drug-likeness (QED) is 0.558. The first kappa shape index (κ1) is 10.1. The Bertz CT molecular complexity index is 262. The van der Waals surface area contributed by atoms with Crippen LogP contribution >= 0.6 is 27.3 Å². The third-order valence-corrected chi connectivity index (χ3v) is 3.49. The van der Waals surface area contributed by atoms with Gasteiger partial charge in [0.1, 0.15) is 5.60 Å². The van der Waals surface area contributed by atoms with Crippen molar-refractivity contribution in [2.75, 3.05) is 6.54 Å². The van der Waals surface area contributed by atoms with Crippen molar-refractivity contribution in [1.82, 2.24) is 5.43 Å². The Kier molecular flexibility index (Phi) is 3.25. The van der Waals surface area contributed by atoms with Crippen LogP contribution in [0, 0.1) is 0 Å². The molecule has 0 aromatic carbocycles. The molecule has 1 atom stereocenters. The number of hydrogen-bond donors (Lipinski definition) is 3. The lowest BCUT2D eigenvalue weighted by atomic mass is 10.1. The molecule has 1 aromatic heterocycles. The number of hydrazine groups is 1. The number of rotatable bonds is 3. The van der Waals surface area contributed by atoms with E-state index < -0.39 is 5.60 Å². The van der Waals surface area contributed by atoms with Gasteiger partial charge in [-0.1, -0.05) is 0 Å². The maximum atomic E-state index is 9.85. The summed E-state index contributed by atoms with van der Waals surface area (Å²) in [4.78, 5) is 0.896. The number of nitrogens with two attached hydrogens (primary N) is 1. The lowest BCUT2D eigenvalue weighted by molar-refractivity contribution is 0.0610. The predicted molar refractivity (Wildman–Crippen MR) is 53.8 cm³/mol. The van der Waals surface area contributed by atoms with Crippen LogP contribution in [-0.4, -0.2) is 11.7 Å². The van der Waals surface area contributed by atoms with Gasteiger partial charge in [0.15, 0.2) is 0 Å². The van der Waals surface area contributed by atoms with E-state index in [-0.39, 0.29) is 0 Å². The second-order valence-electron chi connectivity index (χ2n) is 2.78. The van der Waals surface area contributed by atoms with E-state index in [4.69, 9.17) is 5.84 Å². The molecule has 1 heterocycles. The number of thiophene rings is 1. The van der Waals surface area contributed by atoms with Crippen LogP contribution in [0.2, 0.25) is 0 Å². The number of aliphatic hydroxyl groups is 1. The molecular formula is C7H11BrN2OS. The largest absolute Gasteiger partial charge is 0.383 e. The average molecular weight is 251 g/mol. The summed E-state index contributed by atoms with van der Waals surface area (Å²) in [5.74, 6) is 5.14. The normalized spacial score (nSPS) is 16.0. The van der Waals surface area contributed by atoms with E-state index in [0.717, 1.165) is 9.35 Å². The zero-order valence-electron chi connectivity index (χ0n) is 6.67. The van der Waals surface area contributed by atoms with Crippen molar-refractivity contribution in [3.63, 3.8) is 0 Å². The highest BCUT2D eigenvalue weighted by molar-refractivity contribution is 9.10. The lowest BCUT2D eigenvalue weighted by Crippen LogP contribution is -2.38. The summed E-state index contributed by atoms with van der Waals surface area (Å²) in [5.41, 5.74) is 1.57. The molecule has 0 aliphatic carbocycles. The molecule has 3 nitrogen and oxygen atoms in total. The van der Waals surface area contributed by atoms with Crippen LogP contribution in [0.15, 0.2) is 15.9 Å². The average Bonchev–Trinajstić information content (AvgIpc) is 2.36. The highest BCUT2D eigenvalue weighted by Gasteiger charge is 2.23. The Balaban J connectivity index is 2.81. The van der Waals surface area contributed by atoms with Crippen LogP contribution in [0.1, 0.15) is 11.8 Å². The first-order valence-corrected chi connectivity index (χ1v) is 5.14. The van der Waals surface area contributed by atoms with Crippen molar-refractivity contribution in [1.29, 1.82) is 0 Å². The Morgan fingerprint density at radius 3 is 2.92 bits per heavy atom. The molecule has 0 saturated heterocycles. The molecule has 4 N–H and O–H groups in total. The number of nitrogens with one attached hydrogen (secondary N) is 1. The zero-order chi connectivity index (χ0) is 9.19. The van der Waals surface area contributed by atoms with E-state index in [1.165, 1.54) is 11.3 Å². The van der Waals surface area contributed by atoms with Gasteiger partial charge in [-0.05, 0) is 28.9 Å². The molecule has 12 heavy (non-hydrogen) atoms. The third-order valence-electron chi connectivity index (χ3n) is 1.54. The fourth-order valence-corrected chi connectivity index (χ4v) is 2.37. The van der Waals surface area contributed by atoms with E-state index in [1.807, 2.05) is 11.4 Å². The first-order valence-electron chi connectivity index (χ1n) is 3.46. The van der Waals surface area contributed by atoms with Crippen LogP contribution < -0.4 is 11.3 Å². The molecule has 68 valence electrons. The summed E-state index contributed by atoms with van der Waals surface area (Å²) in [6, 6.07) is 1.89. The zero-order valence-corrected chi connectivity index (χ0v) is 9.08. The van der Waals surface area contributed by atoms with Gasteiger partial charge in [-0.2, -0.15) is 0 Å². The van der Waals surface area contributed by atoms with Crippen molar-refractivity contribution in [2.45, 2.75) is 12.5 Å². The first-order chi connectivity index (χ1) is 5.56. The van der Waals surface area contributed by atoms with Gasteiger partial charge < -0.3 is 5.11 Å². The molecule has 0 saturated carbocycles. The van der Waals surface area contributed by atoms with Crippen molar-refractivity contribution in [2.24, 2.45) is 5.84 Å². The van der Waals surface area contributed by atoms with Crippen molar-refractivity contribution in [3.05, 3.63) is 20.8 Å². The van der Waals surface area contributed by atoms with Gasteiger partial charge in [0, 0.05) is 21.3 Å². The fraction of sp³-hybridized carbons (Fsp3) is 0.429. The van der Waals surface area contributed by atoms with Crippen molar-refractivity contribution < 1.29 is 5.11 Å². The number of hydrogen-bond acceptors (Lipinski definition) is 4. The summed E-state index contributed by atoms with van der Waals surface area (Å²) >= 11 is 4.83. The van der Waals surface area contributed by atoms with E-state index in [1.54, 1.807) is 6.92 Å². The maximum absolute atomic E-state index is 9.85. The number of halogens is 1. The van der Waals surface area contributed by atoms with E-state index in [9.17, 15) is 5.11 Å². The minimum atomic E-state index is -0.883. The van der Waals surface area contributed by atoms with Crippen LogP contribution in [0.3, 0.4) is 0 Å². The SMILES string of the molecule is CC(O)(CNN)c1cc(Br)cs1. The maximum Gasteiger partial charge on any atom is 0.110 e. The van der Waals surface area contributed by atoms with E-state index >= 15 is 0 Å². The van der Waals surface area contributed by atoms with Crippen LogP contribution in [0.4, 0.5) is 0 Å². The summed E-state index contributed by atoms with van der Waals surface area (Å²) < 4.78 is 0.986. The molecule has 1 unspecified atom stereocenters. The van der Waals surface area contributed by atoms with E-state index in [2.05, 4.69) is 21.4 Å². The Morgan fingerprint density at radius 2 is 2.50 bits per heavy atom. The van der Waals surface area contributed by atoms with Crippen molar-refractivity contribution >= 4 is 27.3 Å². The van der Waals surface area contributed by atoms with Crippen LogP contribution in [-0.2, 0) is 5.60 Å².